The molecular formula is C49H39ClN6O2. The number of rotatable bonds is 7. The summed E-state index contributed by atoms with van der Waals surface area (Å²) >= 11 is 0. The molecule has 2 heterocycles. The molecule has 0 saturated carbocycles. The second-order valence-corrected chi connectivity index (χ2v) is 13.3. The number of benzene rings is 6. The molecule has 8 nitrogen and oxygen atoms in total. The molecule has 0 fully saturated rings. The number of fused-ring (bicyclic) bond motifs is 2. The summed E-state index contributed by atoms with van der Waals surface area (Å²) in [6, 6.07) is 48.2. The van der Waals surface area contributed by atoms with Crippen molar-refractivity contribution in [3.8, 4) is 36.1 Å². The van der Waals surface area contributed by atoms with Gasteiger partial charge in [0.15, 0.2) is 11.9 Å². The van der Waals surface area contributed by atoms with Gasteiger partial charge >= 0.3 is 0 Å². The minimum Gasteiger partial charge on any atom is -0.311 e. The fraction of sp³-hybridized carbons (Fsp3) is 0.0816. The molecule has 6 aromatic carbocycles. The number of hydrogen-bond donors (Lipinski definition) is 1. The molecule has 0 amide bonds. The van der Waals surface area contributed by atoms with Crippen molar-refractivity contribution in [1.82, 2.24) is 19.1 Å². The van der Waals surface area contributed by atoms with Crippen molar-refractivity contribution in [2.45, 2.75) is 25.9 Å². The van der Waals surface area contributed by atoms with Gasteiger partial charge in [0, 0.05) is 11.1 Å². The highest BCUT2D eigenvalue weighted by Gasteiger charge is 2.22. The van der Waals surface area contributed by atoms with E-state index in [1.807, 2.05) is 166 Å². The minimum absolute atomic E-state index is 0. The summed E-state index contributed by atoms with van der Waals surface area (Å²) in [4.78, 5) is 41.3. The van der Waals surface area contributed by atoms with Crippen molar-refractivity contribution in [3.05, 3.63) is 212 Å². The Bertz CT molecular complexity index is 2910. The van der Waals surface area contributed by atoms with Crippen molar-refractivity contribution in [2.24, 2.45) is 10.7 Å². The van der Waals surface area contributed by atoms with E-state index in [4.69, 9.17) is 28.6 Å². The fourth-order valence-electron chi connectivity index (χ4n) is 6.75. The lowest BCUT2D eigenvalue weighted by atomic mass is 10.0. The number of aliphatic imine (C=N–C) groups is 1. The van der Waals surface area contributed by atoms with Crippen LogP contribution in [0.4, 0.5) is 0 Å². The Kier molecular flexibility index (Phi) is 12.6. The Morgan fingerprint density at radius 3 is 1.38 bits per heavy atom. The average molecular weight is 779 g/mol. The van der Waals surface area contributed by atoms with Gasteiger partial charge in [-0.05, 0) is 61.4 Å². The number of hydrogen-bond acceptors (Lipinski definition) is 6. The SMILES string of the molecule is C#CC(N)c1nc2cccc(C)c2c(=O)n1-c1ccccc1.C#CC(N=C(c1ccccc1)c1ccccc1)c1nc2cccc(C)c2c(=O)n1-c1ccccc1.Cl. The summed E-state index contributed by atoms with van der Waals surface area (Å²) in [6.07, 6.45) is 11.5. The number of para-hydroxylation sites is 2. The first-order valence-corrected chi connectivity index (χ1v) is 18.3. The van der Waals surface area contributed by atoms with Crippen LogP contribution in [0.5, 0.6) is 0 Å². The third kappa shape index (κ3) is 8.11. The van der Waals surface area contributed by atoms with Crippen LogP contribution in [0.3, 0.4) is 0 Å². The smallest absolute Gasteiger partial charge is 0.266 e. The van der Waals surface area contributed by atoms with Gasteiger partial charge in [-0.15, -0.1) is 25.3 Å². The van der Waals surface area contributed by atoms with Crippen molar-refractivity contribution in [1.29, 1.82) is 0 Å². The lowest BCUT2D eigenvalue weighted by molar-refractivity contribution is 0.764. The molecule has 58 heavy (non-hydrogen) atoms. The first-order chi connectivity index (χ1) is 27.8. The van der Waals surface area contributed by atoms with Crippen LogP contribution in [-0.4, -0.2) is 24.8 Å². The molecule has 2 unspecified atom stereocenters. The zero-order valence-electron chi connectivity index (χ0n) is 31.9. The molecule has 9 heteroatoms. The number of aromatic nitrogens is 4. The van der Waals surface area contributed by atoms with E-state index < -0.39 is 12.1 Å². The molecule has 0 radical (unpaired) electrons. The van der Waals surface area contributed by atoms with E-state index in [0.29, 0.717) is 44.8 Å². The normalized spacial score (nSPS) is 11.5. The zero-order chi connectivity index (χ0) is 39.9. The van der Waals surface area contributed by atoms with E-state index in [2.05, 4.69) is 16.8 Å². The van der Waals surface area contributed by atoms with Gasteiger partial charge in [-0.1, -0.05) is 133 Å². The monoisotopic (exact) mass is 778 g/mol. The molecule has 0 aliphatic heterocycles. The Morgan fingerprint density at radius 2 is 0.966 bits per heavy atom. The molecule has 0 aliphatic carbocycles. The largest absolute Gasteiger partial charge is 0.311 e. The van der Waals surface area contributed by atoms with E-state index in [-0.39, 0.29) is 23.5 Å². The van der Waals surface area contributed by atoms with Gasteiger partial charge in [0.1, 0.15) is 11.9 Å². The van der Waals surface area contributed by atoms with Crippen LogP contribution in [0.2, 0.25) is 0 Å². The number of nitrogens with zero attached hydrogens (tertiary/aromatic N) is 5. The van der Waals surface area contributed by atoms with Gasteiger partial charge in [0.05, 0.1) is 38.9 Å². The van der Waals surface area contributed by atoms with Crippen LogP contribution in [0.15, 0.2) is 172 Å². The topological polar surface area (TPSA) is 108 Å². The minimum atomic E-state index is -0.789. The van der Waals surface area contributed by atoms with Crippen LogP contribution in [0, 0.1) is 38.5 Å². The molecule has 2 aromatic heterocycles. The number of terminal acetylenes is 2. The first-order valence-electron chi connectivity index (χ1n) is 18.3. The number of nitrogens with two attached hydrogens (primary N) is 1. The summed E-state index contributed by atoms with van der Waals surface area (Å²) in [5, 5.41) is 1.16. The van der Waals surface area contributed by atoms with Crippen molar-refractivity contribution < 1.29 is 0 Å². The lowest BCUT2D eigenvalue weighted by Crippen LogP contribution is -2.28. The Morgan fingerprint density at radius 1 is 0.569 bits per heavy atom. The molecule has 0 bridgehead atoms. The van der Waals surface area contributed by atoms with Gasteiger partial charge < -0.3 is 5.73 Å². The molecule has 0 saturated heterocycles. The van der Waals surface area contributed by atoms with Crippen molar-refractivity contribution >= 4 is 39.9 Å². The molecule has 284 valence electrons. The summed E-state index contributed by atoms with van der Waals surface area (Å²) in [5.41, 5.74) is 12.6. The zero-order valence-corrected chi connectivity index (χ0v) is 32.7. The van der Waals surface area contributed by atoms with Crippen molar-refractivity contribution in [2.75, 3.05) is 0 Å². The van der Waals surface area contributed by atoms with Gasteiger partial charge in [-0.3, -0.25) is 23.7 Å². The molecule has 0 spiro atoms. The van der Waals surface area contributed by atoms with Crippen molar-refractivity contribution in [3.63, 3.8) is 0 Å². The van der Waals surface area contributed by atoms with Gasteiger partial charge in [0.2, 0.25) is 0 Å². The number of aryl methyl sites for hydroxylation is 2. The second-order valence-electron chi connectivity index (χ2n) is 13.3. The quantitative estimate of drug-likeness (QED) is 0.129. The van der Waals surface area contributed by atoms with Gasteiger partial charge in [-0.25, -0.2) is 9.97 Å². The van der Waals surface area contributed by atoms with Crippen LogP contribution in [0.25, 0.3) is 33.2 Å². The average Bonchev–Trinajstić information content (AvgIpc) is 3.25. The maximum atomic E-state index is 13.8. The van der Waals surface area contributed by atoms with E-state index in [9.17, 15) is 9.59 Å². The summed E-state index contributed by atoms with van der Waals surface area (Å²) in [6.45, 7) is 3.81. The van der Waals surface area contributed by atoms with E-state index in [1.54, 1.807) is 10.6 Å². The summed E-state index contributed by atoms with van der Waals surface area (Å²) < 4.78 is 3.09. The molecular weight excluding hydrogens is 740 g/mol. The maximum Gasteiger partial charge on any atom is 0.266 e. The molecule has 2 atom stereocenters. The fourth-order valence-corrected chi connectivity index (χ4v) is 6.75. The summed E-state index contributed by atoms with van der Waals surface area (Å²) in [7, 11) is 0. The molecule has 8 rings (SSSR count). The first kappa shape index (κ1) is 40.3. The van der Waals surface area contributed by atoms with Crippen LogP contribution >= 0.6 is 12.4 Å². The Balaban J connectivity index is 0.000000213. The third-order valence-corrected chi connectivity index (χ3v) is 9.51. The standard InChI is InChI=1S/C31H23N3O.C18H15N3O.ClH/c1-3-26(32-29(23-15-7-4-8-16-23)24-17-9-5-10-18-24)30-33-27-21-13-14-22(2)28(27)31(35)34(30)25-19-11-6-12-20-25;1-3-14(19)17-20-15-11-7-8-12(2)16(15)18(22)21(17)13-9-5-4-6-10-13;/h1,4-21,26H,2H3;1,4-11,14H,19H2,2H3;1H. The van der Waals surface area contributed by atoms with E-state index in [1.165, 1.54) is 4.57 Å². The van der Waals surface area contributed by atoms with Gasteiger partial charge in [0.25, 0.3) is 11.1 Å². The highest BCUT2D eigenvalue weighted by molar-refractivity contribution is 6.13. The van der Waals surface area contributed by atoms with Crippen LogP contribution < -0.4 is 16.9 Å². The number of halogens is 1. The van der Waals surface area contributed by atoms with E-state index >= 15 is 0 Å². The maximum absolute atomic E-state index is 13.8. The lowest BCUT2D eigenvalue weighted by Gasteiger charge is -2.18. The van der Waals surface area contributed by atoms with Crippen LogP contribution in [-0.2, 0) is 0 Å². The van der Waals surface area contributed by atoms with E-state index in [0.717, 1.165) is 28.0 Å². The highest BCUT2D eigenvalue weighted by atomic mass is 35.5. The molecule has 2 N–H and O–H groups in total. The summed E-state index contributed by atoms with van der Waals surface area (Å²) in [5.74, 6) is 6.03. The Labute approximate surface area is 342 Å². The second kappa shape index (κ2) is 18.1. The highest BCUT2D eigenvalue weighted by Crippen LogP contribution is 2.24. The predicted octanol–water partition coefficient (Wildman–Crippen LogP) is 8.65. The third-order valence-electron chi connectivity index (χ3n) is 9.51. The van der Waals surface area contributed by atoms with Crippen LogP contribution in [0.1, 0.15) is 46.0 Å². The Hall–Kier alpha value is -7.36. The predicted molar refractivity (Wildman–Crippen MR) is 237 cm³/mol. The molecule has 0 aliphatic rings. The van der Waals surface area contributed by atoms with Gasteiger partial charge in [-0.2, -0.15) is 0 Å². The molecule has 8 aromatic rings.